The van der Waals surface area contributed by atoms with Crippen LogP contribution in [0.15, 0.2) is 36.4 Å². The van der Waals surface area contributed by atoms with Crippen molar-refractivity contribution in [1.29, 1.82) is 0 Å². The van der Waals surface area contributed by atoms with Gasteiger partial charge in [0.15, 0.2) is 0 Å². The number of phenols is 1. The number of carbonyl (C=O) groups excluding carboxylic acids is 1. The van der Waals surface area contributed by atoms with Gasteiger partial charge in [0.05, 0.1) is 15.8 Å². The van der Waals surface area contributed by atoms with E-state index in [0.717, 1.165) is 15.2 Å². The number of rotatable bonds is 2. The van der Waals surface area contributed by atoms with Gasteiger partial charge in [-0.25, -0.2) is 4.98 Å². The highest BCUT2D eigenvalue weighted by atomic mass is 32.1. The highest BCUT2D eigenvalue weighted by molar-refractivity contribution is 7.21. The minimum atomic E-state index is -0.143. The molecule has 0 aliphatic carbocycles. The van der Waals surface area contributed by atoms with Gasteiger partial charge in [-0.15, -0.1) is 11.3 Å². The van der Waals surface area contributed by atoms with Gasteiger partial charge < -0.3 is 10.4 Å². The summed E-state index contributed by atoms with van der Waals surface area (Å²) < 4.78 is 1.06. The number of carbonyl (C=O) groups is 1. The van der Waals surface area contributed by atoms with E-state index in [1.54, 1.807) is 19.1 Å². The number of benzene rings is 2. The Kier molecular flexibility index (Phi) is 3.35. The Morgan fingerprint density at radius 2 is 2.05 bits per heavy atom. The standard InChI is InChI=1S/C16H14N2O2S/c1-9-7-11(17-10(2)19)8-12(15(9)20)16-18-13-5-3-4-6-14(13)21-16/h3-8,20H,1-2H3,(H,17,19). The number of phenolic OH excluding ortho intramolecular Hbond substituents is 1. The van der Waals surface area contributed by atoms with Crippen LogP contribution in [0.2, 0.25) is 0 Å². The predicted octanol–water partition coefficient (Wildman–Crippen LogP) is 3.94. The minimum Gasteiger partial charge on any atom is -0.507 e. The van der Waals surface area contributed by atoms with E-state index in [2.05, 4.69) is 10.3 Å². The third-order valence-corrected chi connectivity index (χ3v) is 4.21. The lowest BCUT2D eigenvalue weighted by atomic mass is 10.1. The number of aryl methyl sites for hydroxylation is 1. The van der Waals surface area contributed by atoms with Crippen LogP contribution < -0.4 is 5.32 Å². The van der Waals surface area contributed by atoms with Crippen molar-refractivity contribution in [2.45, 2.75) is 13.8 Å². The Balaban J connectivity index is 2.15. The number of para-hydroxylation sites is 1. The molecule has 0 aliphatic heterocycles. The van der Waals surface area contributed by atoms with Crippen LogP contribution in [0.4, 0.5) is 5.69 Å². The maximum Gasteiger partial charge on any atom is 0.221 e. The van der Waals surface area contributed by atoms with Crippen LogP contribution in [-0.2, 0) is 4.79 Å². The number of nitrogens with one attached hydrogen (secondary N) is 1. The fourth-order valence-electron chi connectivity index (χ4n) is 2.21. The van der Waals surface area contributed by atoms with Gasteiger partial charge in [-0.2, -0.15) is 0 Å². The van der Waals surface area contributed by atoms with Gasteiger partial charge in [0, 0.05) is 12.6 Å². The average Bonchev–Trinajstić information content (AvgIpc) is 2.85. The molecule has 0 fully saturated rings. The van der Waals surface area contributed by atoms with Crippen molar-refractivity contribution < 1.29 is 9.90 Å². The third kappa shape index (κ3) is 2.60. The number of nitrogens with zero attached hydrogens (tertiary/aromatic N) is 1. The Labute approximate surface area is 126 Å². The second-order valence-corrected chi connectivity index (χ2v) is 5.89. The number of fused-ring (bicyclic) bond motifs is 1. The molecule has 0 saturated heterocycles. The Bertz CT molecular complexity index is 806. The van der Waals surface area contributed by atoms with Gasteiger partial charge in [0.25, 0.3) is 0 Å². The van der Waals surface area contributed by atoms with Gasteiger partial charge in [-0.3, -0.25) is 4.79 Å². The molecule has 0 atom stereocenters. The smallest absolute Gasteiger partial charge is 0.221 e. The summed E-state index contributed by atoms with van der Waals surface area (Å²) in [4.78, 5) is 15.8. The Morgan fingerprint density at radius 3 is 2.76 bits per heavy atom. The van der Waals surface area contributed by atoms with Gasteiger partial charge in [0.1, 0.15) is 10.8 Å². The maximum atomic E-state index is 11.2. The molecule has 106 valence electrons. The fourth-order valence-corrected chi connectivity index (χ4v) is 3.19. The van der Waals surface area contributed by atoms with Gasteiger partial charge in [0.2, 0.25) is 5.91 Å². The Morgan fingerprint density at radius 1 is 1.29 bits per heavy atom. The molecule has 1 amide bonds. The summed E-state index contributed by atoms with van der Waals surface area (Å²) in [5, 5.41) is 13.8. The second kappa shape index (κ2) is 5.18. The number of anilines is 1. The van der Waals surface area contributed by atoms with Crippen molar-refractivity contribution in [3.63, 3.8) is 0 Å². The average molecular weight is 298 g/mol. The summed E-state index contributed by atoms with van der Waals surface area (Å²) in [5.41, 5.74) is 2.90. The first-order chi connectivity index (χ1) is 10.0. The van der Waals surface area contributed by atoms with E-state index in [0.29, 0.717) is 16.8 Å². The van der Waals surface area contributed by atoms with Crippen LogP contribution in [0.25, 0.3) is 20.8 Å². The maximum absolute atomic E-state index is 11.2. The van der Waals surface area contributed by atoms with E-state index in [-0.39, 0.29) is 11.7 Å². The molecule has 3 rings (SSSR count). The molecule has 1 heterocycles. The first-order valence-electron chi connectivity index (χ1n) is 6.52. The highest BCUT2D eigenvalue weighted by Crippen LogP contribution is 2.38. The SMILES string of the molecule is CC(=O)Nc1cc(C)c(O)c(-c2nc3ccccc3s2)c1. The van der Waals surface area contributed by atoms with Crippen LogP contribution in [0.3, 0.4) is 0 Å². The summed E-state index contributed by atoms with van der Waals surface area (Å²) in [6.07, 6.45) is 0. The molecule has 0 bridgehead atoms. The number of aromatic nitrogens is 1. The molecule has 1 aromatic heterocycles. The summed E-state index contributed by atoms with van der Waals surface area (Å²) in [6.45, 7) is 3.26. The molecule has 3 aromatic rings. The molecular formula is C16H14N2O2S. The largest absolute Gasteiger partial charge is 0.507 e. The van der Waals surface area contributed by atoms with Crippen LogP contribution in [0.5, 0.6) is 5.75 Å². The summed E-state index contributed by atoms with van der Waals surface area (Å²) >= 11 is 1.52. The number of amides is 1. The van der Waals surface area contributed by atoms with E-state index in [4.69, 9.17) is 0 Å². The molecule has 21 heavy (non-hydrogen) atoms. The van der Waals surface area contributed by atoms with Crippen molar-refractivity contribution in [3.8, 4) is 16.3 Å². The molecule has 2 N–H and O–H groups in total. The van der Waals surface area contributed by atoms with Crippen LogP contribution >= 0.6 is 11.3 Å². The van der Waals surface area contributed by atoms with Crippen LogP contribution in [0, 0.1) is 6.92 Å². The van der Waals surface area contributed by atoms with E-state index in [1.807, 2.05) is 24.3 Å². The number of thiazole rings is 1. The molecule has 0 unspecified atom stereocenters. The van der Waals surface area contributed by atoms with Crippen molar-refractivity contribution in [3.05, 3.63) is 42.0 Å². The molecule has 0 aliphatic rings. The molecule has 2 aromatic carbocycles. The topological polar surface area (TPSA) is 62.2 Å². The Hall–Kier alpha value is -2.40. The van der Waals surface area contributed by atoms with E-state index in [1.165, 1.54) is 18.3 Å². The molecule has 4 nitrogen and oxygen atoms in total. The quantitative estimate of drug-likeness (QED) is 0.704. The molecular weight excluding hydrogens is 284 g/mol. The summed E-state index contributed by atoms with van der Waals surface area (Å²) in [5.74, 6) is 0.0542. The molecule has 0 radical (unpaired) electrons. The van der Waals surface area contributed by atoms with Crippen molar-refractivity contribution >= 4 is 33.1 Å². The van der Waals surface area contributed by atoms with E-state index >= 15 is 0 Å². The number of hydrogen-bond donors (Lipinski definition) is 2. The summed E-state index contributed by atoms with van der Waals surface area (Å²) in [7, 11) is 0. The summed E-state index contributed by atoms with van der Waals surface area (Å²) in [6, 6.07) is 11.3. The lowest BCUT2D eigenvalue weighted by Gasteiger charge is -2.09. The first kappa shape index (κ1) is 13.6. The number of aromatic hydroxyl groups is 1. The lowest BCUT2D eigenvalue weighted by molar-refractivity contribution is -0.114. The monoisotopic (exact) mass is 298 g/mol. The first-order valence-corrected chi connectivity index (χ1v) is 7.33. The zero-order valence-electron chi connectivity index (χ0n) is 11.7. The van der Waals surface area contributed by atoms with Gasteiger partial charge in [-0.1, -0.05) is 12.1 Å². The fraction of sp³-hybridized carbons (Fsp3) is 0.125. The zero-order valence-corrected chi connectivity index (χ0v) is 12.5. The highest BCUT2D eigenvalue weighted by Gasteiger charge is 2.14. The predicted molar refractivity (Wildman–Crippen MR) is 85.8 cm³/mol. The van der Waals surface area contributed by atoms with E-state index in [9.17, 15) is 9.90 Å². The normalized spacial score (nSPS) is 10.8. The van der Waals surface area contributed by atoms with Crippen molar-refractivity contribution in [2.75, 3.05) is 5.32 Å². The zero-order chi connectivity index (χ0) is 15.0. The van der Waals surface area contributed by atoms with Gasteiger partial charge in [-0.05, 0) is 36.8 Å². The van der Waals surface area contributed by atoms with Crippen molar-refractivity contribution in [2.24, 2.45) is 0 Å². The molecule has 0 saturated carbocycles. The number of hydrogen-bond acceptors (Lipinski definition) is 4. The van der Waals surface area contributed by atoms with Gasteiger partial charge >= 0.3 is 0 Å². The third-order valence-electron chi connectivity index (χ3n) is 3.15. The lowest BCUT2D eigenvalue weighted by Crippen LogP contribution is -2.06. The molecule has 0 spiro atoms. The van der Waals surface area contributed by atoms with Crippen molar-refractivity contribution in [1.82, 2.24) is 4.98 Å². The van der Waals surface area contributed by atoms with Crippen LogP contribution in [-0.4, -0.2) is 16.0 Å². The molecule has 5 heteroatoms. The van der Waals surface area contributed by atoms with Crippen LogP contribution in [0.1, 0.15) is 12.5 Å². The minimum absolute atomic E-state index is 0.143. The second-order valence-electron chi connectivity index (χ2n) is 4.86. The van der Waals surface area contributed by atoms with E-state index < -0.39 is 0 Å².